The van der Waals surface area contributed by atoms with E-state index in [1.807, 2.05) is 0 Å². The van der Waals surface area contributed by atoms with Gasteiger partial charge in [-0.05, 0) is 49.1 Å². The van der Waals surface area contributed by atoms with Gasteiger partial charge >= 0.3 is 0 Å². The molecule has 1 aliphatic heterocycles. The van der Waals surface area contributed by atoms with Crippen LogP contribution in [0.4, 0.5) is 9.52 Å². The van der Waals surface area contributed by atoms with E-state index >= 15 is 0 Å². The van der Waals surface area contributed by atoms with E-state index in [0.29, 0.717) is 5.92 Å². The summed E-state index contributed by atoms with van der Waals surface area (Å²) in [5, 5.41) is 3.00. The molecule has 106 valence electrons. The summed E-state index contributed by atoms with van der Waals surface area (Å²) in [7, 11) is 0. The standard InChI is InChI=1S/C14H15FN2OS2/c15-11-1-3-12(4-2-11)20-17-14-16-13(9-19-14)10-5-7-18-8-6-10/h1-4,9-10H,5-8H2,(H,16,17). The largest absolute Gasteiger partial charge is 0.381 e. The predicted molar refractivity (Wildman–Crippen MR) is 80.8 cm³/mol. The number of anilines is 1. The number of hydrogen-bond donors (Lipinski definition) is 1. The molecule has 2 heterocycles. The lowest BCUT2D eigenvalue weighted by Gasteiger charge is -2.19. The predicted octanol–water partition coefficient (Wildman–Crippen LogP) is 4.30. The summed E-state index contributed by atoms with van der Waals surface area (Å²) in [6.07, 6.45) is 2.10. The zero-order valence-corrected chi connectivity index (χ0v) is 12.5. The van der Waals surface area contributed by atoms with E-state index in [-0.39, 0.29) is 5.82 Å². The van der Waals surface area contributed by atoms with Crippen LogP contribution in [0.15, 0.2) is 34.5 Å². The number of thiazole rings is 1. The summed E-state index contributed by atoms with van der Waals surface area (Å²) in [6, 6.07) is 6.42. The lowest BCUT2D eigenvalue weighted by Crippen LogP contribution is -2.14. The number of hydrogen-bond acceptors (Lipinski definition) is 5. The second kappa shape index (κ2) is 6.56. The highest BCUT2D eigenvalue weighted by Crippen LogP contribution is 2.31. The smallest absolute Gasteiger partial charge is 0.193 e. The van der Waals surface area contributed by atoms with E-state index in [0.717, 1.165) is 41.8 Å². The number of benzene rings is 1. The zero-order valence-electron chi connectivity index (χ0n) is 10.8. The van der Waals surface area contributed by atoms with Crippen molar-refractivity contribution in [2.45, 2.75) is 23.7 Å². The number of nitrogens with one attached hydrogen (secondary N) is 1. The Morgan fingerprint density at radius 1 is 1.25 bits per heavy atom. The van der Waals surface area contributed by atoms with E-state index < -0.39 is 0 Å². The maximum absolute atomic E-state index is 12.8. The fourth-order valence-electron chi connectivity index (χ4n) is 2.12. The molecule has 1 fully saturated rings. The third kappa shape index (κ3) is 3.50. The molecular weight excluding hydrogens is 295 g/mol. The third-order valence-electron chi connectivity index (χ3n) is 3.23. The normalized spacial score (nSPS) is 16.2. The van der Waals surface area contributed by atoms with Gasteiger partial charge in [0.2, 0.25) is 0 Å². The van der Waals surface area contributed by atoms with Gasteiger partial charge in [0.25, 0.3) is 0 Å². The molecule has 0 atom stereocenters. The number of nitrogens with zero attached hydrogens (tertiary/aromatic N) is 1. The summed E-state index contributed by atoms with van der Waals surface area (Å²) in [6.45, 7) is 1.66. The molecule has 1 saturated heterocycles. The average Bonchev–Trinajstić information content (AvgIpc) is 2.97. The quantitative estimate of drug-likeness (QED) is 0.854. The fourth-order valence-corrected chi connectivity index (χ4v) is 3.60. The Morgan fingerprint density at radius 2 is 2.00 bits per heavy atom. The molecule has 0 radical (unpaired) electrons. The number of halogens is 1. The van der Waals surface area contributed by atoms with Crippen LogP contribution >= 0.6 is 23.3 Å². The summed E-state index contributed by atoms with van der Waals surface area (Å²) in [5.74, 6) is 0.303. The Kier molecular flexibility index (Phi) is 4.54. The van der Waals surface area contributed by atoms with E-state index in [1.165, 1.54) is 24.1 Å². The first-order valence-corrected chi connectivity index (χ1v) is 8.22. The molecule has 0 unspecified atom stereocenters. The van der Waals surface area contributed by atoms with E-state index in [4.69, 9.17) is 4.74 Å². The van der Waals surface area contributed by atoms with Crippen molar-refractivity contribution in [2.24, 2.45) is 0 Å². The Morgan fingerprint density at radius 3 is 2.75 bits per heavy atom. The highest BCUT2D eigenvalue weighted by molar-refractivity contribution is 8.00. The van der Waals surface area contributed by atoms with E-state index in [1.54, 1.807) is 23.5 Å². The van der Waals surface area contributed by atoms with E-state index in [2.05, 4.69) is 15.1 Å². The third-order valence-corrected chi connectivity index (χ3v) is 4.94. The van der Waals surface area contributed by atoms with Crippen LogP contribution in [0.2, 0.25) is 0 Å². The molecule has 20 heavy (non-hydrogen) atoms. The van der Waals surface area contributed by atoms with E-state index in [9.17, 15) is 4.39 Å². The molecule has 0 saturated carbocycles. The first-order valence-electron chi connectivity index (χ1n) is 6.53. The topological polar surface area (TPSA) is 34.2 Å². The number of rotatable bonds is 4. The van der Waals surface area contributed by atoms with Gasteiger partial charge in [-0.3, -0.25) is 0 Å². The van der Waals surface area contributed by atoms with Gasteiger partial charge in [-0.25, -0.2) is 9.37 Å². The lowest BCUT2D eigenvalue weighted by molar-refractivity contribution is 0.0846. The number of ether oxygens (including phenoxy) is 1. The van der Waals surface area contributed by atoms with Crippen LogP contribution in [0.25, 0.3) is 0 Å². The van der Waals surface area contributed by atoms with Gasteiger partial charge < -0.3 is 9.46 Å². The van der Waals surface area contributed by atoms with Gasteiger partial charge in [0.15, 0.2) is 5.13 Å². The minimum Gasteiger partial charge on any atom is -0.381 e. The van der Waals surface area contributed by atoms with Crippen LogP contribution in [0, 0.1) is 5.82 Å². The summed E-state index contributed by atoms with van der Waals surface area (Å²) in [4.78, 5) is 5.59. The number of aromatic nitrogens is 1. The van der Waals surface area contributed by atoms with Gasteiger partial charge in [-0.2, -0.15) is 0 Å². The van der Waals surface area contributed by atoms with Gasteiger partial charge in [-0.1, -0.05) is 0 Å². The van der Waals surface area contributed by atoms with Crippen molar-refractivity contribution in [1.82, 2.24) is 4.98 Å². The molecule has 6 heteroatoms. The Hall–Kier alpha value is -1.11. The van der Waals surface area contributed by atoms with Crippen LogP contribution in [-0.4, -0.2) is 18.2 Å². The minimum absolute atomic E-state index is 0.217. The monoisotopic (exact) mass is 310 g/mol. The molecule has 3 nitrogen and oxygen atoms in total. The van der Waals surface area contributed by atoms with Crippen molar-refractivity contribution in [1.29, 1.82) is 0 Å². The highest BCUT2D eigenvalue weighted by atomic mass is 32.2. The summed E-state index contributed by atoms with van der Waals surface area (Å²) in [5.41, 5.74) is 1.15. The van der Waals surface area contributed by atoms with Crippen LogP contribution < -0.4 is 4.72 Å². The first kappa shape index (κ1) is 13.9. The molecule has 1 aliphatic rings. The molecule has 0 amide bonds. The SMILES string of the molecule is Fc1ccc(SNc2nc(C3CCOCC3)cs2)cc1. The van der Waals surface area contributed by atoms with Crippen LogP contribution in [0.5, 0.6) is 0 Å². The molecule has 0 bridgehead atoms. The van der Waals surface area contributed by atoms with Crippen molar-refractivity contribution < 1.29 is 9.13 Å². The van der Waals surface area contributed by atoms with Crippen molar-refractivity contribution in [3.63, 3.8) is 0 Å². The minimum atomic E-state index is -0.217. The lowest BCUT2D eigenvalue weighted by atomic mass is 9.98. The summed E-state index contributed by atoms with van der Waals surface area (Å²) >= 11 is 3.06. The molecular formula is C14H15FN2OS2. The molecule has 2 aromatic rings. The highest BCUT2D eigenvalue weighted by Gasteiger charge is 2.18. The van der Waals surface area contributed by atoms with Gasteiger partial charge in [-0.15, -0.1) is 11.3 Å². The second-order valence-corrected chi connectivity index (χ2v) is 6.36. The molecule has 3 rings (SSSR count). The first-order chi connectivity index (χ1) is 9.81. The second-order valence-electron chi connectivity index (χ2n) is 4.62. The maximum atomic E-state index is 12.8. The molecule has 0 spiro atoms. The van der Waals surface area contributed by atoms with Crippen LogP contribution in [-0.2, 0) is 4.74 Å². The van der Waals surface area contributed by atoms with Gasteiger partial charge in [0.1, 0.15) is 5.82 Å². The molecule has 0 aliphatic carbocycles. The van der Waals surface area contributed by atoms with Gasteiger partial charge in [0.05, 0.1) is 5.69 Å². The summed E-state index contributed by atoms with van der Waals surface area (Å²) < 4.78 is 21.4. The Bertz CT molecular complexity index is 553. The zero-order chi connectivity index (χ0) is 13.8. The van der Waals surface area contributed by atoms with Gasteiger partial charge in [0, 0.05) is 29.4 Å². The van der Waals surface area contributed by atoms with Crippen LogP contribution in [0.3, 0.4) is 0 Å². The molecule has 1 aromatic heterocycles. The molecule has 1 N–H and O–H groups in total. The van der Waals surface area contributed by atoms with Crippen molar-refractivity contribution >= 4 is 28.4 Å². The van der Waals surface area contributed by atoms with Crippen molar-refractivity contribution in [3.8, 4) is 0 Å². The molecule has 1 aromatic carbocycles. The maximum Gasteiger partial charge on any atom is 0.193 e. The Balaban J connectivity index is 1.58. The fraction of sp³-hybridized carbons (Fsp3) is 0.357. The van der Waals surface area contributed by atoms with Crippen molar-refractivity contribution in [2.75, 3.05) is 17.9 Å². The van der Waals surface area contributed by atoms with Crippen LogP contribution in [0.1, 0.15) is 24.5 Å². The van der Waals surface area contributed by atoms with Crippen molar-refractivity contribution in [3.05, 3.63) is 41.2 Å². The average molecular weight is 310 g/mol. The Labute approximate surface area is 125 Å².